The first kappa shape index (κ1) is 15.6. The maximum atomic E-state index is 4.99. The van der Waals surface area contributed by atoms with Crippen LogP contribution in [0.3, 0.4) is 0 Å². The predicted molar refractivity (Wildman–Crippen MR) is 99.4 cm³/mol. The summed E-state index contributed by atoms with van der Waals surface area (Å²) in [5, 5.41) is 18.4. The Bertz CT molecular complexity index is 954. The number of hydrazone groups is 2. The summed E-state index contributed by atoms with van der Waals surface area (Å²) in [7, 11) is 0. The van der Waals surface area contributed by atoms with Crippen LogP contribution in [0.25, 0.3) is 10.8 Å². The summed E-state index contributed by atoms with van der Waals surface area (Å²) in [6, 6.07) is 11.3. The lowest BCUT2D eigenvalue weighted by Crippen LogP contribution is -2.01. The van der Waals surface area contributed by atoms with E-state index < -0.39 is 0 Å². The number of hydrogen-bond acceptors (Lipinski definition) is 8. The number of furan rings is 2. The number of rotatable bonds is 6. The van der Waals surface area contributed by atoms with Crippen LogP contribution in [0, 0.1) is 0 Å². The van der Waals surface area contributed by atoms with Gasteiger partial charge in [-0.15, -0.1) is 10.2 Å². The fourth-order valence-corrected chi connectivity index (χ4v) is 2.30. The minimum absolute atomic E-state index is 0.546. The number of fused-ring (bicyclic) bond motifs is 1. The van der Waals surface area contributed by atoms with Gasteiger partial charge in [0.15, 0.2) is 11.6 Å². The van der Waals surface area contributed by atoms with Crippen LogP contribution in [0.15, 0.2) is 80.5 Å². The lowest BCUT2D eigenvalue weighted by atomic mass is 10.2. The molecule has 0 saturated carbocycles. The van der Waals surface area contributed by atoms with Crippen LogP contribution in [0.5, 0.6) is 0 Å². The molecular formula is C18H14N6O2. The lowest BCUT2D eigenvalue weighted by molar-refractivity contribution is 0.567. The standard InChI is InChI=1S/C18H14N6O2/c1-2-4-16-15(3-1)17(21-19-9-13-5-7-25-11-13)23-24-18(16)22-20-10-14-6-8-26-12-14/h1-12H,(H,21,23)(H,22,24)/b19-9-,20-10-. The molecule has 0 radical (unpaired) electrons. The quantitative estimate of drug-likeness (QED) is 0.408. The maximum absolute atomic E-state index is 4.99. The molecular weight excluding hydrogens is 332 g/mol. The first-order valence-electron chi connectivity index (χ1n) is 7.78. The number of aromatic nitrogens is 2. The number of benzene rings is 1. The van der Waals surface area contributed by atoms with Crippen molar-refractivity contribution in [3.63, 3.8) is 0 Å². The largest absolute Gasteiger partial charge is 0.472 e. The van der Waals surface area contributed by atoms with Gasteiger partial charge in [-0.05, 0) is 12.1 Å². The third kappa shape index (κ3) is 3.44. The van der Waals surface area contributed by atoms with E-state index in [-0.39, 0.29) is 0 Å². The van der Waals surface area contributed by atoms with Gasteiger partial charge in [-0.1, -0.05) is 24.3 Å². The van der Waals surface area contributed by atoms with E-state index in [4.69, 9.17) is 8.83 Å². The Balaban J connectivity index is 1.56. The van der Waals surface area contributed by atoms with Gasteiger partial charge in [-0.25, -0.2) is 0 Å². The highest BCUT2D eigenvalue weighted by molar-refractivity contribution is 5.98. The molecule has 0 saturated heterocycles. The first-order chi connectivity index (χ1) is 12.9. The zero-order valence-electron chi connectivity index (χ0n) is 13.5. The van der Waals surface area contributed by atoms with E-state index in [1.807, 2.05) is 24.3 Å². The van der Waals surface area contributed by atoms with Gasteiger partial charge < -0.3 is 8.83 Å². The molecule has 128 valence electrons. The second-order valence-electron chi connectivity index (χ2n) is 5.30. The van der Waals surface area contributed by atoms with Crippen LogP contribution >= 0.6 is 0 Å². The molecule has 8 nitrogen and oxygen atoms in total. The molecule has 2 N–H and O–H groups in total. The summed E-state index contributed by atoms with van der Waals surface area (Å²) >= 11 is 0. The second-order valence-corrected chi connectivity index (χ2v) is 5.30. The molecule has 0 spiro atoms. The van der Waals surface area contributed by atoms with Crippen LogP contribution < -0.4 is 10.9 Å². The maximum Gasteiger partial charge on any atom is 0.176 e. The predicted octanol–water partition coefficient (Wildman–Crippen LogP) is 3.71. The van der Waals surface area contributed by atoms with E-state index in [0.717, 1.165) is 21.9 Å². The van der Waals surface area contributed by atoms with E-state index in [0.29, 0.717) is 11.6 Å². The molecule has 26 heavy (non-hydrogen) atoms. The molecule has 3 heterocycles. The zero-order chi connectivity index (χ0) is 17.6. The molecule has 0 amide bonds. The highest BCUT2D eigenvalue weighted by Crippen LogP contribution is 2.25. The molecule has 4 rings (SSSR count). The summed E-state index contributed by atoms with van der Waals surface area (Å²) in [6.07, 6.45) is 9.64. The molecule has 0 aliphatic rings. The topological polar surface area (TPSA) is 101 Å². The molecule has 0 fully saturated rings. The third-order valence-electron chi connectivity index (χ3n) is 3.54. The van der Waals surface area contributed by atoms with Crippen molar-refractivity contribution >= 4 is 34.8 Å². The second kappa shape index (κ2) is 7.31. The monoisotopic (exact) mass is 346 g/mol. The van der Waals surface area contributed by atoms with Crippen molar-refractivity contribution in [2.24, 2.45) is 10.2 Å². The van der Waals surface area contributed by atoms with Gasteiger partial charge in [-0.2, -0.15) is 10.2 Å². The fraction of sp³-hybridized carbons (Fsp3) is 0. The fourth-order valence-electron chi connectivity index (χ4n) is 2.30. The highest BCUT2D eigenvalue weighted by Gasteiger charge is 2.07. The van der Waals surface area contributed by atoms with Crippen molar-refractivity contribution in [3.8, 4) is 0 Å². The Morgan fingerprint density at radius 3 is 1.65 bits per heavy atom. The molecule has 0 bridgehead atoms. The van der Waals surface area contributed by atoms with E-state index in [1.165, 1.54) is 0 Å². The van der Waals surface area contributed by atoms with Crippen molar-refractivity contribution in [3.05, 3.63) is 72.6 Å². The Labute approximate surface area is 148 Å². The molecule has 0 aliphatic heterocycles. The molecule has 8 heteroatoms. The van der Waals surface area contributed by atoms with E-state index >= 15 is 0 Å². The van der Waals surface area contributed by atoms with Gasteiger partial charge in [0.1, 0.15) is 0 Å². The third-order valence-corrected chi connectivity index (χ3v) is 3.54. The van der Waals surface area contributed by atoms with Crippen molar-refractivity contribution in [1.82, 2.24) is 10.2 Å². The molecule has 3 aromatic heterocycles. The Morgan fingerprint density at radius 1 is 0.731 bits per heavy atom. The summed E-state index contributed by atoms with van der Waals surface area (Å²) in [4.78, 5) is 0. The minimum atomic E-state index is 0.546. The Kier molecular flexibility index (Phi) is 4.38. The SMILES string of the molecule is C(=N/Nc1nnc(N/N=C\c2ccoc2)c2ccccc12)/c1ccoc1. The van der Waals surface area contributed by atoms with Crippen molar-refractivity contribution < 1.29 is 8.83 Å². The van der Waals surface area contributed by atoms with Gasteiger partial charge in [-0.3, -0.25) is 10.9 Å². The first-order valence-corrected chi connectivity index (χ1v) is 7.78. The van der Waals surface area contributed by atoms with E-state index in [9.17, 15) is 0 Å². The molecule has 0 aliphatic carbocycles. The summed E-state index contributed by atoms with van der Waals surface area (Å²) < 4.78 is 9.99. The van der Waals surface area contributed by atoms with Gasteiger partial charge in [0.05, 0.1) is 37.5 Å². The van der Waals surface area contributed by atoms with Gasteiger partial charge in [0, 0.05) is 21.9 Å². The number of hydrogen-bond donors (Lipinski definition) is 2. The normalized spacial score (nSPS) is 11.5. The van der Waals surface area contributed by atoms with Crippen LogP contribution in [0.4, 0.5) is 11.6 Å². The average Bonchev–Trinajstić information content (AvgIpc) is 3.37. The van der Waals surface area contributed by atoms with Crippen LogP contribution in [0.2, 0.25) is 0 Å². The Morgan fingerprint density at radius 2 is 1.23 bits per heavy atom. The van der Waals surface area contributed by atoms with Crippen molar-refractivity contribution in [2.75, 3.05) is 10.9 Å². The summed E-state index contributed by atoms with van der Waals surface area (Å²) in [6.45, 7) is 0. The number of nitrogens with zero attached hydrogens (tertiary/aromatic N) is 4. The van der Waals surface area contributed by atoms with Gasteiger partial charge >= 0.3 is 0 Å². The minimum Gasteiger partial charge on any atom is -0.472 e. The average molecular weight is 346 g/mol. The van der Waals surface area contributed by atoms with Crippen molar-refractivity contribution in [2.45, 2.75) is 0 Å². The summed E-state index contributed by atoms with van der Waals surface area (Å²) in [5.74, 6) is 1.09. The van der Waals surface area contributed by atoms with Crippen molar-refractivity contribution in [1.29, 1.82) is 0 Å². The lowest BCUT2D eigenvalue weighted by Gasteiger charge is -2.07. The van der Waals surface area contributed by atoms with Crippen LogP contribution in [-0.4, -0.2) is 22.6 Å². The van der Waals surface area contributed by atoms with Crippen LogP contribution in [0.1, 0.15) is 11.1 Å². The van der Waals surface area contributed by atoms with Crippen LogP contribution in [-0.2, 0) is 0 Å². The van der Waals surface area contributed by atoms with Gasteiger partial charge in [0.25, 0.3) is 0 Å². The number of anilines is 2. The smallest absolute Gasteiger partial charge is 0.176 e. The molecule has 0 atom stereocenters. The highest BCUT2D eigenvalue weighted by atomic mass is 16.3. The molecule has 4 aromatic rings. The zero-order valence-corrected chi connectivity index (χ0v) is 13.5. The van der Waals surface area contributed by atoms with Gasteiger partial charge in [0.2, 0.25) is 0 Å². The van der Waals surface area contributed by atoms with E-state index in [2.05, 4.69) is 31.3 Å². The number of nitrogens with one attached hydrogen (secondary N) is 2. The molecule has 0 unspecified atom stereocenters. The summed E-state index contributed by atoms with van der Waals surface area (Å²) in [5.41, 5.74) is 7.51. The molecule has 1 aromatic carbocycles. The Hall–Kier alpha value is -3.94. The van der Waals surface area contributed by atoms with E-state index in [1.54, 1.807) is 49.6 Å².